The Morgan fingerprint density at radius 3 is 3.05 bits per heavy atom. The summed E-state index contributed by atoms with van der Waals surface area (Å²) in [5, 5.41) is 2.83. The summed E-state index contributed by atoms with van der Waals surface area (Å²) in [6.07, 6.45) is 3.33. The molecule has 96 valence electrons. The summed E-state index contributed by atoms with van der Waals surface area (Å²) in [4.78, 5) is 17.5. The van der Waals surface area contributed by atoms with Crippen LogP contribution < -0.4 is 11.1 Å². The van der Waals surface area contributed by atoms with Crippen LogP contribution in [0.25, 0.3) is 0 Å². The zero-order valence-electron chi connectivity index (χ0n) is 10.4. The molecule has 4 nitrogen and oxygen atoms in total. The molecule has 0 saturated carbocycles. The van der Waals surface area contributed by atoms with Gasteiger partial charge in [0.05, 0.1) is 28.2 Å². The standard InChI is InChI=1S/C14H13N3OS/c1-10-6-8-16-9-12(10)17-14(18)13-5-4-11(19-13)3-2-7-15/h4-6,8-9H,7,15H2,1H3,(H,17,18). The predicted octanol–water partition coefficient (Wildman–Crippen LogP) is 2.01. The lowest BCUT2D eigenvalue weighted by atomic mass is 10.2. The molecule has 0 aromatic carbocycles. The number of carbonyl (C=O) groups is 1. The first-order valence-electron chi connectivity index (χ1n) is 5.71. The number of nitrogens with one attached hydrogen (secondary N) is 1. The van der Waals surface area contributed by atoms with Crippen LogP contribution in [0, 0.1) is 18.8 Å². The molecule has 0 fully saturated rings. The molecule has 2 heterocycles. The van der Waals surface area contributed by atoms with Crippen molar-refractivity contribution in [1.29, 1.82) is 0 Å². The third-order valence-corrected chi connectivity index (χ3v) is 3.43. The average Bonchev–Trinajstić information content (AvgIpc) is 2.88. The summed E-state index contributed by atoms with van der Waals surface area (Å²) in [6.45, 7) is 2.23. The molecular formula is C14H13N3OS. The molecule has 2 rings (SSSR count). The fourth-order valence-electron chi connectivity index (χ4n) is 1.44. The molecule has 0 aliphatic heterocycles. The second kappa shape index (κ2) is 6.14. The molecule has 2 aromatic rings. The number of hydrogen-bond acceptors (Lipinski definition) is 4. The number of amides is 1. The van der Waals surface area contributed by atoms with Gasteiger partial charge >= 0.3 is 0 Å². The van der Waals surface area contributed by atoms with Gasteiger partial charge in [-0.05, 0) is 30.7 Å². The van der Waals surface area contributed by atoms with Crippen molar-refractivity contribution in [3.05, 3.63) is 45.9 Å². The summed E-state index contributed by atoms with van der Waals surface area (Å²) in [5.41, 5.74) is 7.00. The number of pyridine rings is 1. The Labute approximate surface area is 115 Å². The highest BCUT2D eigenvalue weighted by molar-refractivity contribution is 7.14. The van der Waals surface area contributed by atoms with E-state index in [1.807, 2.05) is 19.1 Å². The maximum absolute atomic E-state index is 12.1. The Morgan fingerprint density at radius 1 is 1.47 bits per heavy atom. The number of aryl methyl sites for hydroxylation is 1. The van der Waals surface area contributed by atoms with Crippen molar-refractivity contribution < 1.29 is 4.79 Å². The van der Waals surface area contributed by atoms with Crippen LogP contribution >= 0.6 is 11.3 Å². The maximum Gasteiger partial charge on any atom is 0.265 e. The van der Waals surface area contributed by atoms with Crippen LogP contribution in [-0.4, -0.2) is 17.4 Å². The van der Waals surface area contributed by atoms with Gasteiger partial charge in [-0.2, -0.15) is 0 Å². The fourth-order valence-corrected chi connectivity index (χ4v) is 2.22. The molecule has 19 heavy (non-hydrogen) atoms. The highest BCUT2D eigenvalue weighted by atomic mass is 32.1. The SMILES string of the molecule is Cc1ccncc1NC(=O)c1ccc(C#CCN)s1. The summed E-state index contributed by atoms with van der Waals surface area (Å²) >= 11 is 1.34. The average molecular weight is 271 g/mol. The van der Waals surface area contributed by atoms with Crippen molar-refractivity contribution in [3.8, 4) is 11.8 Å². The molecule has 0 unspecified atom stereocenters. The maximum atomic E-state index is 12.1. The van der Waals surface area contributed by atoms with E-state index in [2.05, 4.69) is 22.1 Å². The third kappa shape index (κ3) is 3.41. The molecule has 0 bridgehead atoms. The van der Waals surface area contributed by atoms with E-state index in [9.17, 15) is 4.79 Å². The normalized spacial score (nSPS) is 9.58. The first kappa shape index (κ1) is 13.3. The van der Waals surface area contributed by atoms with E-state index in [4.69, 9.17) is 5.73 Å². The van der Waals surface area contributed by atoms with Crippen molar-refractivity contribution in [2.45, 2.75) is 6.92 Å². The van der Waals surface area contributed by atoms with E-state index in [-0.39, 0.29) is 5.91 Å². The summed E-state index contributed by atoms with van der Waals surface area (Å²) < 4.78 is 0. The fraction of sp³-hybridized carbons (Fsp3) is 0.143. The van der Waals surface area contributed by atoms with E-state index in [1.54, 1.807) is 18.5 Å². The molecule has 2 aromatic heterocycles. The highest BCUT2D eigenvalue weighted by Gasteiger charge is 2.10. The Hall–Kier alpha value is -2.16. The van der Waals surface area contributed by atoms with Crippen molar-refractivity contribution in [2.75, 3.05) is 11.9 Å². The van der Waals surface area contributed by atoms with Crippen LogP contribution in [0.4, 0.5) is 5.69 Å². The second-order valence-electron chi connectivity index (χ2n) is 3.81. The Balaban J connectivity index is 2.12. The van der Waals surface area contributed by atoms with E-state index >= 15 is 0 Å². The molecular weight excluding hydrogens is 258 g/mol. The smallest absolute Gasteiger partial charge is 0.265 e. The molecule has 0 aliphatic carbocycles. The van der Waals surface area contributed by atoms with Crippen molar-refractivity contribution in [3.63, 3.8) is 0 Å². The lowest BCUT2D eigenvalue weighted by molar-refractivity contribution is 0.103. The molecule has 0 saturated heterocycles. The minimum absolute atomic E-state index is 0.151. The van der Waals surface area contributed by atoms with Gasteiger partial charge in [-0.1, -0.05) is 11.8 Å². The number of thiophene rings is 1. The van der Waals surface area contributed by atoms with E-state index in [1.165, 1.54) is 11.3 Å². The topological polar surface area (TPSA) is 68.0 Å². The predicted molar refractivity (Wildman–Crippen MR) is 77.2 cm³/mol. The van der Waals surface area contributed by atoms with Crippen LogP contribution in [0.5, 0.6) is 0 Å². The lowest BCUT2D eigenvalue weighted by Gasteiger charge is -2.05. The van der Waals surface area contributed by atoms with Gasteiger partial charge in [0.1, 0.15) is 0 Å². The van der Waals surface area contributed by atoms with E-state index < -0.39 is 0 Å². The van der Waals surface area contributed by atoms with Gasteiger partial charge in [-0.15, -0.1) is 11.3 Å². The van der Waals surface area contributed by atoms with Crippen molar-refractivity contribution in [1.82, 2.24) is 4.98 Å². The Kier molecular flexibility index (Phi) is 4.29. The van der Waals surface area contributed by atoms with E-state index in [0.29, 0.717) is 11.4 Å². The van der Waals surface area contributed by atoms with Crippen molar-refractivity contribution >= 4 is 22.9 Å². The number of nitrogens with zero attached hydrogens (tertiary/aromatic N) is 1. The molecule has 3 N–H and O–H groups in total. The number of nitrogens with two attached hydrogens (primary N) is 1. The molecule has 0 aliphatic rings. The highest BCUT2D eigenvalue weighted by Crippen LogP contribution is 2.18. The number of hydrogen-bond donors (Lipinski definition) is 2. The van der Waals surface area contributed by atoms with Crippen LogP contribution in [0.3, 0.4) is 0 Å². The largest absolute Gasteiger partial charge is 0.320 e. The van der Waals surface area contributed by atoms with Crippen LogP contribution in [0.15, 0.2) is 30.6 Å². The molecule has 0 atom stereocenters. The van der Waals surface area contributed by atoms with Crippen LogP contribution in [-0.2, 0) is 0 Å². The molecule has 5 heteroatoms. The quantitative estimate of drug-likeness (QED) is 0.821. The first-order valence-corrected chi connectivity index (χ1v) is 6.53. The minimum atomic E-state index is -0.151. The van der Waals surface area contributed by atoms with Crippen molar-refractivity contribution in [2.24, 2.45) is 5.73 Å². The van der Waals surface area contributed by atoms with Gasteiger partial charge in [0.25, 0.3) is 5.91 Å². The Bertz CT molecular complexity index is 652. The first-order chi connectivity index (χ1) is 9.20. The zero-order valence-corrected chi connectivity index (χ0v) is 11.3. The summed E-state index contributed by atoms with van der Waals surface area (Å²) in [5.74, 6) is 5.52. The van der Waals surface area contributed by atoms with Gasteiger partial charge in [0.2, 0.25) is 0 Å². The number of rotatable bonds is 2. The molecule has 1 amide bonds. The third-order valence-electron chi connectivity index (χ3n) is 2.43. The molecule has 0 spiro atoms. The number of carbonyl (C=O) groups excluding carboxylic acids is 1. The minimum Gasteiger partial charge on any atom is -0.320 e. The van der Waals surface area contributed by atoms with Gasteiger partial charge in [0.15, 0.2) is 0 Å². The van der Waals surface area contributed by atoms with E-state index in [0.717, 1.165) is 16.1 Å². The van der Waals surface area contributed by atoms with Crippen LogP contribution in [0.2, 0.25) is 0 Å². The number of aromatic nitrogens is 1. The van der Waals surface area contributed by atoms with Crippen LogP contribution in [0.1, 0.15) is 20.1 Å². The monoisotopic (exact) mass is 271 g/mol. The van der Waals surface area contributed by atoms with Gasteiger partial charge in [-0.25, -0.2) is 0 Å². The van der Waals surface area contributed by atoms with Gasteiger partial charge in [-0.3, -0.25) is 9.78 Å². The van der Waals surface area contributed by atoms with Gasteiger partial charge < -0.3 is 11.1 Å². The lowest BCUT2D eigenvalue weighted by Crippen LogP contribution is -2.11. The second-order valence-corrected chi connectivity index (χ2v) is 4.90. The molecule has 0 radical (unpaired) electrons. The summed E-state index contributed by atoms with van der Waals surface area (Å²) in [6, 6.07) is 5.42. The number of anilines is 1. The van der Waals surface area contributed by atoms with Gasteiger partial charge in [0, 0.05) is 6.20 Å². The Morgan fingerprint density at radius 2 is 2.32 bits per heavy atom. The zero-order chi connectivity index (χ0) is 13.7. The summed E-state index contributed by atoms with van der Waals surface area (Å²) in [7, 11) is 0.